The zero-order chi connectivity index (χ0) is 54.9. The summed E-state index contributed by atoms with van der Waals surface area (Å²) >= 11 is 1.76. The van der Waals surface area contributed by atoms with Gasteiger partial charge in [0.05, 0.1) is 33.7 Å². The Morgan fingerprint density at radius 1 is 0.455 bits per heavy atom. The Morgan fingerprint density at radius 3 is 1.66 bits per heavy atom. The van der Waals surface area contributed by atoms with Crippen LogP contribution in [0.15, 0.2) is 188 Å². The van der Waals surface area contributed by atoms with Gasteiger partial charge in [-0.2, -0.15) is 11.3 Å². The van der Waals surface area contributed by atoms with Crippen LogP contribution in [0.4, 0.5) is 0 Å². The minimum Gasteiger partial charge on any atom is -0.333 e. The normalized spacial score (nSPS) is 12.5. The summed E-state index contributed by atoms with van der Waals surface area (Å²) in [5.41, 5.74) is 16.7. The first-order chi connectivity index (χ1) is 38.1. The van der Waals surface area contributed by atoms with Crippen molar-refractivity contribution < 1.29 is 24.2 Å². The fourth-order valence-corrected chi connectivity index (χ4v) is 12.4. The molecule has 10 aromatic carbocycles. The van der Waals surface area contributed by atoms with Gasteiger partial charge in [-0.25, -0.2) is 0 Å². The minimum absolute atomic E-state index is 0. The van der Waals surface area contributed by atoms with Crippen LogP contribution in [-0.2, 0) is 20.1 Å². The number of aromatic nitrogens is 4. The molecule has 3 heterocycles. The Hall–Kier alpha value is -7.47. The maximum Gasteiger partial charge on any atom is 0.0774 e. The van der Waals surface area contributed by atoms with Crippen LogP contribution in [0.2, 0.25) is 0 Å². The average Bonchev–Trinajstić information content (AvgIpc) is 4.22. The number of nitrogens with zero attached hydrogens (tertiary/aromatic N) is 4. The number of thiophene rings is 1. The molecule has 0 fully saturated rings. The molecule has 0 amide bonds. The first-order valence-electron chi connectivity index (χ1n) is 28.2. The molecule has 4 nitrogen and oxygen atoms in total. The smallest absolute Gasteiger partial charge is 0.0774 e. The summed E-state index contributed by atoms with van der Waals surface area (Å²) in [6.07, 6.45) is 0. The van der Waals surface area contributed by atoms with Crippen molar-refractivity contribution in [1.82, 2.24) is 19.1 Å². The van der Waals surface area contributed by atoms with Crippen LogP contribution >= 0.6 is 11.3 Å². The van der Waals surface area contributed by atoms with E-state index in [4.69, 9.17) is 14.1 Å². The Labute approximate surface area is 474 Å². The van der Waals surface area contributed by atoms with Gasteiger partial charge in [0.25, 0.3) is 0 Å². The molecule has 0 unspecified atom stereocenters. The van der Waals surface area contributed by atoms with Crippen LogP contribution in [0.5, 0.6) is 0 Å². The van der Waals surface area contributed by atoms with E-state index in [0.29, 0.717) is 17.4 Å². The van der Waals surface area contributed by atoms with Gasteiger partial charge in [-0.1, -0.05) is 175 Å². The summed E-state index contributed by atoms with van der Waals surface area (Å²) in [6.45, 7) is 16.0. The first-order valence-corrected chi connectivity index (χ1v) is 27.5. The molecule has 0 atom stereocenters. The monoisotopic (exact) mass is 1200 g/mol. The molecule has 0 saturated carbocycles. The number of fused-ring (bicyclic) bond motifs is 8. The third-order valence-corrected chi connectivity index (χ3v) is 16.2. The second-order valence-corrected chi connectivity index (χ2v) is 22.4. The van der Waals surface area contributed by atoms with Crippen LogP contribution in [0.3, 0.4) is 0 Å². The van der Waals surface area contributed by atoms with Crippen molar-refractivity contribution >= 4 is 75.1 Å². The molecular formula is C71H62IrN4S-2. The number of para-hydroxylation sites is 5. The van der Waals surface area contributed by atoms with E-state index >= 15 is 0 Å². The molecule has 0 bridgehead atoms. The van der Waals surface area contributed by atoms with Gasteiger partial charge in [0.15, 0.2) is 0 Å². The molecule has 0 aliphatic heterocycles. The van der Waals surface area contributed by atoms with Crippen LogP contribution in [0, 0.1) is 19.0 Å². The maximum absolute atomic E-state index is 8.03. The van der Waals surface area contributed by atoms with Crippen LogP contribution in [0.1, 0.15) is 111 Å². The number of hydrogen-bond acceptors (Lipinski definition) is 3. The van der Waals surface area contributed by atoms with E-state index in [0.717, 1.165) is 81.2 Å². The van der Waals surface area contributed by atoms with Gasteiger partial charge in [0, 0.05) is 40.3 Å². The Balaban J connectivity index is 0.000000203. The summed E-state index contributed by atoms with van der Waals surface area (Å²) in [5, 5.41) is 6.48. The van der Waals surface area contributed by atoms with E-state index in [2.05, 4.69) is 222 Å². The van der Waals surface area contributed by atoms with Crippen LogP contribution < -0.4 is 0 Å². The van der Waals surface area contributed by atoms with Crippen molar-refractivity contribution in [2.24, 2.45) is 0 Å². The predicted molar refractivity (Wildman–Crippen MR) is 325 cm³/mol. The summed E-state index contributed by atoms with van der Waals surface area (Å²) in [6, 6.07) is 72.5. The molecule has 13 rings (SSSR count). The third kappa shape index (κ3) is 9.31. The Bertz CT molecular complexity index is 4380. The van der Waals surface area contributed by atoms with E-state index in [9.17, 15) is 0 Å². The van der Waals surface area contributed by atoms with Gasteiger partial charge in [-0.05, 0) is 144 Å². The molecule has 0 N–H and O–H groups in total. The van der Waals surface area contributed by atoms with Crippen molar-refractivity contribution in [3.8, 4) is 45.3 Å². The molecule has 6 heteroatoms. The molecule has 3 aromatic heterocycles. The summed E-state index contributed by atoms with van der Waals surface area (Å²) in [7, 11) is 0. The van der Waals surface area contributed by atoms with Crippen molar-refractivity contribution in [2.45, 2.75) is 85.9 Å². The third-order valence-electron chi connectivity index (χ3n) is 15.0. The fourth-order valence-electron chi connectivity index (χ4n) is 11.2. The standard InChI is InChI=1S/C46H37N2S.C25H25N2.Ir/c1-27(2)36-24-33(30-12-7-6-8-13-30)25-37(28(3)4)44(36)48-42-17-10-9-16-41(42)47-46(48)35-15-11-14-34-40-23-32-21-20-31-19-18-29(5)22-38(31)39(32)26-43(40)49-45(34)35;1-17(2)20-13-10-14-21(18(3)4)24(20)27-23-16-9-8-15-22(23)26-25(27)19-11-6-5-7-12-19;/h6-14,16-28H,1-5H3;5-11,13-18H,1-4H3;/q2*-1;/i5D3;;. The molecule has 13 aromatic rings. The molecule has 0 saturated heterocycles. The Kier molecular flexibility index (Phi) is 13.2. The predicted octanol–water partition coefficient (Wildman–Crippen LogP) is 20.1. The number of hydrogen-bond donors (Lipinski definition) is 0. The second-order valence-electron chi connectivity index (χ2n) is 21.3. The van der Waals surface area contributed by atoms with Gasteiger partial charge in [0.1, 0.15) is 0 Å². The van der Waals surface area contributed by atoms with Gasteiger partial charge >= 0.3 is 0 Å². The molecule has 77 heavy (non-hydrogen) atoms. The van der Waals surface area contributed by atoms with E-state index in [1.54, 1.807) is 17.4 Å². The number of aryl methyl sites for hydroxylation is 1. The van der Waals surface area contributed by atoms with Gasteiger partial charge < -0.3 is 9.13 Å². The van der Waals surface area contributed by atoms with Gasteiger partial charge in [-0.15, -0.1) is 54.1 Å². The summed E-state index contributed by atoms with van der Waals surface area (Å²) < 4.78 is 31.1. The first kappa shape index (κ1) is 47.9. The molecule has 0 spiro atoms. The van der Waals surface area contributed by atoms with E-state index < -0.39 is 6.85 Å². The van der Waals surface area contributed by atoms with Crippen LogP contribution in [-0.4, -0.2) is 19.1 Å². The molecule has 0 aliphatic carbocycles. The number of rotatable bonds is 9. The van der Waals surface area contributed by atoms with Crippen molar-refractivity contribution in [1.29, 1.82) is 0 Å². The molecule has 1 radical (unpaired) electrons. The van der Waals surface area contributed by atoms with Gasteiger partial charge in [0.2, 0.25) is 0 Å². The number of imidazole rings is 2. The van der Waals surface area contributed by atoms with E-state index in [1.165, 1.54) is 50.1 Å². The van der Waals surface area contributed by atoms with Crippen molar-refractivity contribution in [3.63, 3.8) is 0 Å². The number of benzene rings is 10. The fraction of sp³-hybridized carbons (Fsp3) is 0.183. The maximum atomic E-state index is 8.03. The average molecular weight is 1200 g/mol. The van der Waals surface area contributed by atoms with Crippen molar-refractivity contribution in [3.05, 3.63) is 228 Å². The summed E-state index contributed by atoms with van der Waals surface area (Å²) in [5.74, 6) is 3.21. The quantitative estimate of drug-likeness (QED) is 0.107. The largest absolute Gasteiger partial charge is 0.333 e. The topological polar surface area (TPSA) is 35.6 Å². The SMILES string of the molecule is CC(C)c1cccc(C(C)C)c1-n1c(-c2[c-]cccc2)nc2ccccc21.[2H]C([2H])([2H])c1ccc2ccc3cc4c(cc3c2c1)sc1c(-c2nc3ccccc3n2-c2c(C(C)C)cc(-c3ccccc3)cc2C(C)C)[c-]ccc14.[Ir]. The van der Waals surface area contributed by atoms with Crippen LogP contribution in [0.25, 0.3) is 109 Å². The van der Waals surface area contributed by atoms with E-state index in [-0.39, 0.29) is 31.9 Å². The molecule has 383 valence electrons. The zero-order valence-corrected chi connectivity index (χ0v) is 47.9. The second kappa shape index (κ2) is 21.2. The van der Waals surface area contributed by atoms with E-state index in [1.807, 2.05) is 36.4 Å². The zero-order valence-electron chi connectivity index (χ0n) is 47.7. The Morgan fingerprint density at radius 2 is 1.03 bits per heavy atom. The molecular weight excluding hydrogens is 1130 g/mol. The molecule has 0 aliphatic rings. The van der Waals surface area contributed by atoms with Gasteiger partial charge in [-0.3, -0.25) is 9.97 Å². The summed E-state index contributed by atoms with van der Waals surface area (Å²) in [4.78, 5) is 10.4. The minimum atomic E-state index is -2.17. The van der Waals surface area contributed by atoms with Crippen molar-refractivity contribution in [2.75, 3.05) is 0 Å².